The summed E-state index contributed by atoms with van der Waals surface area (Å²) in [6, 6.07) is 5.54. The lowest BCUT2D eigenvalue weighted by molar-refractivity contribution is 0.205. The molecule has 17 heavy (non-hydrogen) atoms. The molecular weight excluding hydrogens is 210 g/mol. The van der Waals surface area contributed by atoms with Gasteiger partial charge in [-0.25, -0.2) is 4.98 Å². The van der Waals surface area contributed by atoms with Gasteiger partial charge in [0.25, 0.3) is 0 Å². The molecule has 0 spiro atoms. The van der Waals surface area contributed by atoms with Gasteiger partial charge in [-0.2, -0.15) is 0 Å². The topological polar surface area (TPSA) is 19.4 Å². The van der Waals surface area contributed by atoms with Gasteiger partial charge in [-0.1, -0.05) is 6.07 Å². The number of rotatable bonds is 3. The molecule has 0 aromatic carbocycles. The summed E-state index contributed by atoms with van der Waals surface area (Å²) < 4.78 is 0. The number of pyridine rings is 1. The molecule has 0 aliphatic carbocycles. The number of anilines is 1. The summed E-state index contributed by atoms with van der Waals surface area (Å²) in [5.41, 5.74) is 1.36. The molecule has 0 N–H and O–H groups in total. The van der Waals surface area contributed by atoms with Crippen LogP contribution in [0.25, 0.3) is 0 Å². The minimum Gasteiger partial charge on any atom is -0.363 e. The van der Waals surface area contributed by atoms with Crippen LogP contribution < -0.4 is 4.90 Å². The van der Waals surface area contributed by atoms with Crippen molar-refractivity contribution >= 4 is 5.82 Å². The maximum atomic E-state index is 4.52. The van der Waals surface area contributed by atoms with Crippen LogP contribution in [0.2, 0.25) is 0 Å². The summed E-state index contributed by atoms with van der Waals surface area (Å²) in [7, 11) is 4.05. The highest BCUT2D eigenvalue weighted by atomic mass is 15.2. The maximum absolute atomic E-state index is 4.52. The standard InChI is InChI=1S/C14H23N3/c1-11(2)17-9-5-6-13(17)12-7-8-14(15-10-12)16(3)4/h7-8,10-11,13H,5-6,9H2,1-4H3/t13-/m0/s1. The SMILES string of the molecule is CC(C)N1CCC[C@H]1c1ccc(N(C)C)nc1. The van der Waals surface area contributed by atoms with Gasteiger partial charge in [0.05, 0.1) is 0 Å². The number of hydrogen-bond acceptors (Lipinski definition) is 3. The quantitative estimate of drug-likeness (QED) is 0.800. The average Bonchev–Trinajstić information content (AvgIpc) is 2.78. The molecule has 0 bridgehead atoms. The lowest BCUT2D eigenvalue weighted by atomic mass is 10.1. The predicted octanol–water partition coefficient (Wildman–Crippen LogP) is 2.69. The minimum atomic E-state index is 0.568. The lowest BCUT2D eigenvalue weighted by Crippen LogP contribution is -2.30. The third kappa shape index (κ3) is 2.60. The van der Waals surface area contributed by atoms with Crippen molar-refractivity contribution in [2.45, 2.75) is 38.8 Å². The Bertz CT molecular complexity index is 356. The zero-order valence-corrected chi connectivity index (χ0v) is 11.3. The van der Waals surface area contributed by atoms with Crippen LogP contribution in [0.4, 0.5) is 5.82 Å². The monoisotopic (exact) mass is 233 g/mol. The molecule has 0 radical (unpaired) electrons. The molecule has 1 fully saturated rings. The third-order valence-electron chi connectivity index (χ3n) is 3.57. The summed E-state index contributed by atoms with van der Waals surface area (Å²) in [6.45, 7) is 5.78. The van der Waals surface area contributed by atoms with E-state index in [1.807, 2.05) is 25.2 Å². The average molecular weight is 233 g/mol. The normalized spacial score (nSPS) is 21.1. The van der Waals surface area contributed by atoms with E-state index >= 15 is 0 Å². The number of likely N-dealkylation sites (tertiary alicyclic amines) is 1. The fraction of sp³-hybridized carbons (Fsp3) is 0.643. The second-order valence-corrected chi connectivity index (χ2v) is 5.33. The first-order valence-corrected chi connectivity index (χ1v) is 6.48. The summed E-state index contributed by atoms with van der Waals surface area (Å²) in [4.78, 5) is 9.13. The van der Waals surface area contributed by atoms with Crippen LogP contribution in [0.3, 0.4) is 0 Å². The Morgan fingerprint density at radius 1 is 1.35 bits per heavy atom. The molecule has 0 amide bonds. The Morgan fingerprint density at radius 2 is 2.12 bits per heavy atom. The van der Waals surface area contributed by atoms with Crippen molar-refractivity contribution in [3.63, 3.8) is 0 Å². The summed E-state index contributed by atoms with van der Waals surface area (Å²) >= 11 is 0. The minimum absolute atomic E-state index is 0.568. The number of hydrogen-bond donors (Lipinski definition) is 0. The Labute approximate surface area is 104 Å². The lowest BCUT2D eigenvalue weighted by Gasteiger charge is -2.28. The molecule has 0 unspecified atom stereocenters. The van der Waals surface area contributed by atoms with Gasteiger partial charge < -0.3 is 4.90 Å². The Balaban J connectivity index is 2.16. The van der Waals surface area contributed by atoms with E-state index in [9.17, 15) is 0 Å². The van der Waals surface area contributed by atoms with Crippen LogP contribution in [0.15, 0.2) is 18.3 Å². The Hall–Kier alpha value is -1.09. The molecule has 94 valence electrons. The van der Waals surface area contributed by atoms with Gasteiger partial charge in [-0.3, -0.25) is 4.90 Å². The van der Waals surface area contributed by atoms with Gasteiger partial charge in [0.2, 0.25) is 0 Å². The molecular formula is C14H23N3. The molecule has 1 aliphatic heterocycles. The van der Waals surface area contributed by atoms with Crippen LogP contribution >= 0.6 is 0 Å². The molecule has 1 aromatic rings. The van der Waals surface area contributed by atoms with Gasteiger partial charge in [0.1, 0.15) is 5.82 Å². The fourth-order valence-electron chi connectivity index (χ4n) is 2.62. The first-order valence-electron chi connectivity index (χ1n) is 6.48. The molecule has 2 heterocycles. The molecule has 3 heteroatoms. The number of nitrogens with zero attached hydrogens (tertiary/aromatic N) is 3. The van der Waals surface area contributed by atoms with Crippen LogP contribution in [0.5, 0.6) is 0 Å². The van der Waals surface area contributed by atoms with Crippen LogP contribution in [0, 0.1) is 0 Å². The van der Waals surface area contributed by atoms with Crippen molar-refractivity contribution in [1.29, 1.82) is 0 Å². The van der Waals surface area contributed by atoms with Gasteiger partial charge in [-0.15, -0.1) is 0 Å². The van der Waals surface area contributed by atoms with Crippen LogP contribution in [-0.4, -0.2) is 36.6 Å². The highest BCUT2D eigenvalue weighted by molar-refractivity contribution is 5.37. The first-order chi connectivity index (χ1) is 8.09. The second kappa shape index (κ2) is 5.05. The van der Waals surface area contributed by atoms with E-state index in [1.54, 1.807) is 0 Å². The largest absolute Gasteiger partial charge is 0.363 e. The van der Waals surface area contributed by atoms with Crippen LogP contribution in [0.1, 0.15) is 38.3 Å². The van der Waals surface area contributed by atoms with E-state index < -0.39 is 0 Å². The second-order valence-electron chi connectivity index (χ2n) is 5.33. The third-order valence-corrected chi connectivity index (χ3v) is 3.57. The zero-order chi connectivity index (χ0) is 12.4. The maximum Gasteiger partial charge on any atom is 0.127 e. The molecule has 3 nitrogen and oxygen atoms in total. The van der Waals surface area contributed by atoms with Crippen molar-refractivity contribution in [3.05, 3.63) is 23.9 Å². The molecule has 1 aromatic heterocycles. The van der Waals surface area contributed by atoms with Crippen molar-refractivity contribution in [1.82, 2.24) is 9.88 Å². The molecule has 1 aliphatic rings. The predicted molar refractivity (Wildman–Crippen MR) is 72.4 cm³/mol. The summed E-state index contributed by atoms with van der Waals surface area (Å²) in [5.74, 6) is 1.03. The smallest absolute Gasteiger partial charge is 0.127 e. The summed E-state index contributed by atoms with van der Waals surface area (Å²) in [6.07, 6.45) is 4.61. The molecule has 2 rings (SSSR count). The first kappa shape index (κ1) is 12.4. The highest BCUT2D eigenvalue weighted by Crippen LogP contribution is 2.33. The summed E-state index contributed by atoms with van der Waals surface area (Å²) in [5, 5.41) is 0. The molecule has 1 atom stereocenters. The van der Waals surface area contributed by atoms with Gasteiger partial charge >= 0.3 is 0 Å². The molecule has 1 saturated heterocycles. The van der Waals surface area contributed by atoms with Crippen molar-refractivity contribution < 1.29 is 0 Å². The van der Waals surface area contributed by atoms with E-state index in [0.717, 1.165) is 5.82 Å². The Morgan fingerprint density at radius 3 is 2.65 bits per heavy atom. The van der Waals surface area contributed by atoms with E-state index in [2.05, 4.69) is 35.9 Å². The van der Waals surface area contributed by atoms with Gasteiger partial charge in [0.15, 0.2) is 0 Å². The van der Waals surface area contributed by atoms with Gasteiger partial charge in [-0.05, 0) is 44.9 Å². The van der Waals surface area contributed by atoms with E-state index in [4.69, 9.17) is 0 Å². The van der Waals surface area contributed by atoms with E-state index in [0.29, 0.717) is 12.1 Å². The fourth-order valence-corrected chi connectivity index (χ4v) is 2.62. The Kier molecular flexibility index (Phi) is 3.67. The van der Waals surface area contributed by atoms with Crippen molar-refractivity contribution in [3.8, 4) is 0 Å². The zero-order valence-electron chi connectivity index (χ0n) is 11.3. The molecule has 0 saturated carbocycles. The highest BCUT2D eigenvalue weighted by Gasteiger charge is 2.27. The number of aromatic nitrogens is 1. The van der Waals surface area contributed by atoms with E-state index in [-0.39, 0.29) is 0 Å². The van der Waals surface area contributed by atoms with Crippen molar-refractivity contribution in [2.24, 2.45) is 0 Å². The van der Waals surface area contributed by atoms with Gasteiger partial charge in [0, 0.05) is 32.4 Å². The van der Waals surface area contributed by atoms with Crippen LogP contribution in [-0.2, 0) is 0 Å². The van der Waals surface area contributed by atoms with E-state index in [1.165, 1.54) is 24.9 Å². The van der Waals surface area contributed by atoms with Crippen molar-refractivity contribution in [2.75, 3.05) is 25.5 Å².